The van der Waals surface area contributed by atoms with E-state index in [9.17, 15) is 13.2 Å². The Balaban J connectivity index is 1.40. The lowest BCUT2D eigenvalue weighted by Gasteiger charge is -2.24. The lowest BCUT2D eigenvalue weighted by Crippen LogP contribution is -2.41. The van der Waals surface area contributed by atoms with Gasteiger partial charge in [-0.2, -0.15) is 0 Å². The first-order valence-electron chi connectivity index (χ1n) is 11.3. The van der Waals surface area contributed by atoms with Crippen LogP contribution < -0.4 is 14.5 Å². The van der Waals surface area contributed by atoms with Gasteiger partial charge in [-0.1, -0.05) is 47.5 Å². The van der Waals surface area contributed by atoms with E-state index in [4.69, 9.17) is 11.6 Å². The normalized spacial score (nSPS) is 12.9. The van der Waals surface area contributed by atoms with E-state index < -0.39 is 10.0 Å². The minimum atomic E-state index is -3.95. The number of amides is 1. The smallest absolute Gasteiger partial charge is 0.264 e. The van der Waals surface area contributed by atoms with Crippen LogP contribution >= 0.6 is 11.6 Å². The topological polar surface area (TPSA) is 69.7 Å². The first-order chi connectivity index (χ1) is 16.3. The van der Waals surface area contributed by atoms with Crippen LogP contribution in [0.5, 0.6) is 0 Å². The third kappa shape index (κ3) is 5.54. The van der Waals surface area contributed by atoms with Crippen molar-refractivity contribution in [2.75, 3.05) is 35.4 Å². The summed E-state index contributed by atoms with van der Waals surface area (Å²) < 4.78 is 27.9. The summed E-state index contributed by atoms with van der Waals surface area (Å²) in [5.74, 6) is -0.347. The average molecular weight is 498 g/mol. The average Bonchev–Trinajstić information content (AvgIpc) is 3.24. The summed E-state index contributed by atoms with van der Waals surface area (Å²) in [6, 6.07) is 21.4. The monoisotopic (exact) mass is 497 g/mol. The molecule has 0 spiro atoms. The highest BCUT2D eigenvalue weighted by molar-refractivity contribution is 7.92. The Morgan fingerprint density at radius 3 is 2.47 bits per heavy atom. The molecule has 4 rings (SSSR count). The van der Waals surface area contributed by atoms with Gasteiger partial charge in [-0.25, -0.2) is 8.42 Å². The Kier molecular flexibility index (Phi) is 7.44. The summed E-state index contributed by atoms with van der Waals surface area (Å²) in [4.78, 5) is 15.2. The molecular weight excluding hydrogens is 470 g/mol. The van der Waals surface area contributed by atoms with Gasteiger partial charge in [0.15, 0.2) is 0 Å². The number of carbonyl (C=O) groups is 1. The molecule has 8 heteroatoms. The van der Waals surface area contributed by atoms with E-state index in [0.29, 0.717) is 17.3 Å². The number of rotatable bonds is 9. The molecule has 0 saturated heterocycles. The lowest BCUT2D eigenvalue weighted by molar-refractivity contribution is -0.119. The fourth-order valence-electron chi connectivity index (χ4n) is 4.08. The highest BCUT2D eigenvalue weighted by atomic mass is 35.5. The molecule has 0 fully saturated rings. The Morgan fingerprint density at radius 2 is 1.74 bits per heavy atom. The number of benzene rings is 3. The maximum atomic E-state index is 13.4. The molecule has 34 heavy (non-hydrogen) atoms. The number of fused-ring (bicyclic) bond motifs is 1. The lowest BCUT2D eigenvalue weighted by atomic mass is 10.2. The van der Waals surface area contributed by atoms with Crippen molar-refractivity contribution in [1.82, 2.24) is 5.32 Å². The van der Waals surface area contributed by atoms with E-state index in [1.54, 1.807) is 12.1 Å². The summed E-state index contributed by atoms with van der Waals surface area (Å²) in [6.45, 7) is 3.91. The summed E-state index contributed by atoms with van der Waals surface area (Å²) >= 11 is 5.93. The number of sulfonamides is 1. The molecule has 1 aliphatic heterocycles. The largest absolute Gasteiger partial charge is 0.371 e. The van der Waals surface area contributed by atoms with E-state index in [1.807, 2.05) is 25.1 Å². The zero-order valence-corrected chi connectivity index (χ0v) is 20.6. The molecule has 0 atom stereocenters. The molecule has 0 bridgehead atoms. The number of nitrogens with one attached hydrogen (secondary N) is 1. The van der Waals surface area contributed by atoms with E-state index in [2.05, 4.69) is 28.4 Å². The summed E-state index contributed by atoms with van der Waals surface area (Å²) in [7, 11) is -3.95. The number of hydrogen-bond donors (Lipinski definition) is 1. The standard InChI is InChI=1S/C26H28ClN3O3S/c1-20-7-11-23(12-8-20)30(34(32,33)24-13-9-22(27)10-14-24)19-26(31)28-16-4-17-29-18-15-21-5-2-3-6-25(21)29/h2-3,5-14H,4,15-19H2,1H3,(H,28,31). The van der Waals surface area contributed by atoms with Crippen molar-refractivity contribution in [1.29, 1.82) is 0 Å². The Morgan fingerprint density at radius 1 is 1.03 bits per heavy atom. The molecule has 1 amide bonds. The van der Waals surface area contributed by atoms with Gasteiger partial charge in [-0.3, -0.25) is 9.10 Å². The number of anilines is 2. The Labute approximate surface area is 206 Å². The van der Waals surface area contributed by atoms with Crippen LogP contribution in [-0.4, -0.2) is 40.5 Å². The molecule has 1 N–H and O–H groups in total. The number of halogens is 1. The molecule has 0 aromatic heterocycles. The minimum absolute atomic E-state index is 0.0815. The molecule has 3 aromatic carbocycles. The molecule has 0 aliphatic carbocycles. The van der Waals surface area contributed by atoms with Crippen molar-refractivity contribution in [3.63, 3.8) is 0 Å². The quantitative estimate of drug-likeness (QED) is 0.444. The molecule has 1 heterocycles. The maximum Gasteiger partial charge on any atom is 0.264 e. The summed E-state index contributed by atoms with van der Waals surface area (Å²) in [6.07, 6.45) is 1.81. The predicted molar refractivity (Wildman–Crippen MR) is 137 cm³/mol. The molecular formula is C26H28ClN3O3S. The van der Waals surface area contributed by atoms with Crippen molar-refractivity contribution in [2.45, 2.75) is 24.7 Å². The predicted octanol–water partition coefficient (Wildman–Crippen LogP) is 4.41. The molecule has 0 unspecified atom stereocenters. The third-order valence-corrected chi connectivity index (χ3v) is 7.96. The maximum absolute atomic E-state index is 13.4. The van der Waals surface area contributed by atoms with Crippen molar-refractivity contribution in [3.8, 4) is 0 Å². The van der Waals surface area contributed by atoms with Crippen molar-refractivity contribution in [3.05, 3.63) is 88.9 Å². The van der Waals surface area contributed by atoms with Gasteiger partial charge in [0.25, 0.3) is 10.0 Å². The van der Waals surface area contributed by atoms with Crippen LogP contribution in [0, 0.1) is 6.92 Å². The Hall–Kier alpha value is -3.03. The first kappa shape index (κ1) is 24.1. The van der Waals surface area contributed by atoms with Gasteiger partial charge in [0.2, 0.25) is 5.91 Å². The summed E-state index contributed by atoms with van der Waals surface area (Å²) in [5.41, 5.74) is 4.05. The van der Waals surface area contributed by atoms with Crippen LogP contribution in [0.2, 0.25) is 5.02 Å². The second-order valence-electron chi connectivity index (χ2n) is 8.37. The van der Waals surface area contributed by atoms with Gasteiger partial charge in [-0.15, -0.1) is 0 Å². The SMILES string of the molecule is Cc1ccc(N(CC(=O)NCCCN2CCc3ccccc32)S(=O)(=O)c2ccc(Cl)cc2)cc1. The molecule has 1 aliphatic rings. The fourth-order valence-corrected chi connectivity index (χ4v) is 5.63. The van der Waals surface area contributed by atoms with Gasteiger partial charge in [0.05, 0.1) is 10.6 Å². The number of carbonyl (C=O) groups excluding carboxylic acids is 1. The fraction of sp³-hybridized carbons (Fsp3) is 0.269. The van der Waals surface area contributed by atoms with Crippen molar-refractivity contribution in [2.24, 2.45) is 0 Å². The van der Waals surface area contributed by atoms with Crippen LogP contribution in [0.15, 0.2) is 77.7 Å². The van der Waals surface area contributed by atoms with Crippen LogP contribution in [0.3, 0.4) is 0 Å². The van der Waals surface area contributed by atoms with Gasteiger partial charge < -0.3 is 10.2 Å². The molecule has 178 valence electrons. The number of aryl methyl sites for hydroxylation is 1. The van der Waals surface area contributed by atoms with Crippen LogP contribution in [-0.2, 0) is 21.2 Å². The highest BCUT2D eigenvalue weighted by Crippen LogP contribution is 2.27. The molecule has 0 saturated carbocycles. The minimum Gasteiger partial charge on any atom is -0.371 e. The molecule has 3 aromatic rings. The first-order valence-corrected chi connectivity index (χ1v) is 13.1. The van der Waals surface area contributed by atoms with Gasteiger partial charge in [0.1, 0.15) is 6.54 Å². The van der Waals surface area contributed by atoms with E-state index in [1.165, 1.54) is 35.5 Å². The van der Waals surface area contributed by atoms with E-state index >= 15 is 0 Å². The van der Waals surface area contributed by atoms with Gasteiger partial charge in [-0.05, 0) is 67.8 Å². The van der Waals surface area contributed by atoms with Gasteiger partial charge in [0, 0.05) is 30.3 Å². The van der Waals surface area contributed by atoms with Crippen LogP contribution in [0.25, 0.3) is 0 Å². The van der Waals surface area contributed by atoms with Crippen molar-refractivity contribution >= 4 is 38.9 Å². The van der Waals surface area contributed by atoms with E-state index in [-0.39, 0.29) is 17.3 Å². The zero-order chi connectivity index (χ0) is 24.1. The number of hydrogen-bond acceptors (Lipinski definition) is 4. The van der Waals surface area contributed by atoms with Crippen LogP contribution in [0.4, 0.5) is 11.4 Å². The van der Waals surface area contributed by atoms with Crippen LogP contribution in [0.1, 0.15) is 17.5 Å². The molecule has 6 nitrogen and oxygen atoms in total. The van der Waals surface area contributed by atoms with E-state index in [0.717, 1.165) is 35.8 Å². The second kappa shape index (κ2) is 10.5. The summed E-state index contributed by atoms with van der Waals surface area (Å²) in [5, 5.41) is 3.33. The number of para-hydroxylation sites is 1. The Bertz CT molecular complexity index is 1250. The third-order valence-electron chi connectivity index (χ3n) is 5.92. The van der Waals surface area contributed by atoms with Crippen molar-refractivity contribution < 1.29 is 13.2 Å². The van der Waals surface area contributed by atoms with Gasteiger partial charge >= 0.3 is 0 Å². The zero-order valence-electron chi connectivity index (χ0n) is 19.1. The highest BCUT2D eigenvalue weighted by Gasteiger charge is 2.27. The molecule has 0 radical (unpaired) electrons. The second-order valence-corrected chi connectivity index (χ2v) is 10.7. The number of nitrogens with zero attached hydrogens (tertiary/aromatic N) is 2.